The predicted molar refractivity (Wildman–Crippen MR) is 58.6 cm³/mol. The van der Waals surface area contributed by atoms with E-state index in [1.54, 1.807) is 13.8 Å². The Bertz CT molecular complexity index is 426. The van der Waals surface area contributed by atoms with Gasteiger partial charge in [-0.2, -0.15) is 5.32 Å². The van der Waals surface area contributed by atoms with Crippen LogP contribution in [0.25, 0.3) is 0 Å². The lowest BCUT2D eigenvalue weighted by atomic mass is 10.0. The summed E-state index contributed by atoms with van der Waals surface area (Å²) in [4.78, 5) is 24.5. The van der Waals surface area contributed by atoms with Crippen LogP contribution in [0, 0.1) is 0 Å². The molecule has 0 N–H and O–H groups in total. The van der Waals surface area contributed by atoms with Gasteiger partial charge in [0.15, 0.2) is 0 Å². The summed E-state index contributed by atoms with van der Waals surface area (Å²) < 4.78 is 0. The summed E-state index contributed by atoms with van der Waals surface area (Å²) in [6.07, 6.45) is 0. The van der Waals surface area contributed by atoms with Crippen LogP contribution in [-0.4, -0.2) is 22.4 Å². The third-order valence-electron chi connectivity index (χ3n) is 2.81. The molecule has 83 valence electrons. The van der Waals surface area contributed by atoms with Gasteiger partial charge >= 0.3 is 6.03 Å². The number of carbonyl (C=O) groups is 2. The van der Waals surface area contributed by atoms with E-state index in [2.05, 4.69) is 5.32 Å². The fourth-order valence-corrected chi connectivity index (χ4v) is 1.67. The van der Waals surface area contributed by atoms with E-state index in [-0.39, 0.29) is 5.91 Å². The molecule has 4 heteroatoms. The Morgan fingerprint density at radius 2 is 1.81 bits per heavy atom. The van der Waals surface area contributed by atoms with Gasteiger partial charge in [-0.05, 0) is 19.4 Å². The molecule has 0 unspecified atom stereocenters. The topological polar surface area (TPSA) is 51.5 Å². The Hall–Kier alpha value is -1.84. The molecule has 1 aliphatic heterocycles. The van der Waals surface area contributed by atoms with E-state index in [4.69, 9.17) is 0 Å². The highest BCUT2D eigenvalue weighted by Gasteiger charge is 2.46. The van der Waals surface area contributed by atoms with Crippen molar-refractivity contribution in [1.82, 2.24) is 10.2 Å². The lowest BCUT2D eigenvalue weighted by Gasteiger charge is -2.27. The average molecular weight is 217 g/mol. The van der Waals surface area contributed by atoms with Crippen LogP contribution in [-0.2, 0) is 11.3 Å². The van der Waals surface area contributed by atoms with E-state index in [0.717, 1.165) is 5.56 Å². The van der Waals surface area contributed by atoms with Gasteiger partial charge in [0, 0.05) is 6.54 Å². The molecule has 1 aromatic rings. The molecule has 0 aromatic heterocycles. The van der Waals surface area contributed by atoms with Crippen molar-refractivity contribution >= 4 is 11.9 Å². The van der Waals surface area contributed by atoms with Crippen molar-refractivity contribution in [3.8, 4) is 0 Å². The third-order valence-corrected chi connectivity index (χ3v) is 2.81. The molecule has 1 radical (unpaired) electrons. The molecule has 0 saturated carbocycles. The fourth-order valence-electron chi connectivity index (χ4n) is 1.67. The van der Waals surface area contributed by atoms with Gasteiger partial charge in [-0.3, -0.25) is 4.79 Å². The molecular weight excluding hydrogens is 204 g/mol. The van der Waals surface area contributed by atoms with Gasteiger partial charge in [0.25, 0.3) is 5.91 Å². The van der Waals surface area contributed by atoms with Crippen molar-refractivity contribution in [2.75, 3.05) is 0 Å². The van der Waals surface area contributed by atoms with Gasteiger partial charge in [-0.25, -0.2) is 4.79 Å². The first-order chi connectivity index (χ1) is 7.51. The summed E-state index contributed by atoms with van der Waals surface area (Å²) >= 11 is 0. The molecule has 0 atom stereocenters. The van der Waals surface area contributed by atoms with Crippen LogP contribution >= 0.6 is 0 Å². The Labute approximate surface area is 94.2 Å². The Morgan fingerprint density at radius 3 is 2.31 bits per heavy atom. The van der Waals surface area contributed by atoms with E-state index in [9.17, 15) is 9.59 Å². The number of nitrogens with zero attached hydrogens (tertiary/aromatic N) is 2. The monoisotopic (exact) mass is 217 g/mol. The van der Waals surface area contributed by atoms with Crippen molar-refractivity contribution in [2.45, 2.75) is 25.9 Å². The number of hydrogen-bond donors (Lipinski definition) is 0. The molecule has 16 heavy (non-hydrogen) atoms. The largest absolute Gasteiger partial charge is 0.347 e. The van der Waals surface area contributed by atoms with Gasteiger partial charge < -0.3 is 4.90 Å². The highest BCUT2D eigenvalue weighted by molar-refractivity contribution is 6.06. The molecule has 1 aliphatic rings. The Balaban J connectivity index is 2.22. The molecule has 2 rings (SSSR count). The SMILES string of the molecule is CC1(C)C(=O)[N]C(=O)N1Cc1ccccc1. The highest BCUT2D eigenvalue weighted by Crippen LogP contribution is 2.24. The zero-order valence-electron chi connectivity index (χ0n) is 9.30. The van der Waals surface area contributed by atoms with Crippen LogP contribution in [0.5, 0.6) is 0 Å². The second kappa shape index (κ2) is 3.63. The van der Waals surface area contributed by atoms with Crippen molar-refractivity contribution in [3.63, 3.8) is 0 Å². The summed E-state index contributed by atoms with van der Waals surface area (Å²) in [5.74, 6) is -0.367. The van der Waals surface area contributed by atoms with Crippen LogP contribution in [0.2, 0.25) is 0 Å². The van der Waals surface area contributed by atoms with Crippen LogP contribution in [0.15, 0.2) is 30.3 Å². The zero-order chi connectivity index (χ0) is 11.8. The molecule has 0 spiro atoms. The first kappa shape index (κ1) is 10.7. The minimum atomic E-state index is -0.826. The number of urea groups is 1. The lowest BCUT2D eigenvalue weighted by molar-refractivity contribution is -0.125. The Kier molecular flexibility index (Phi) is 2.42. The minimum Gasteiger partial charge on any atom is -0.304 e. The van der Waals surface area contributed by atoms with Crippen LogP contribution in [0.1, 0.15) is 19.4 Å². The lowest BCUT2D eigenvalue weighted by Crippen LogP contribution is -2.43. The molecule has 0 aliphatic carbocycles. The van der Waals surface area contributed by atoms with Crippen molar-refractivity contribution in [2.24, 2.45) is 0 Å². The van der Waals surface area contributed by atoms with Gasteiger partial charge in [0.05, 0.1) is 0 Å². The van der Waals surface area contributed by atoms with E-state index in [0.29, 0.717) is 6.54 Å². The average Bonchev–Trinajstić information content (AvgIpc) is 2.43. The Morgan fingerprint density at radius 1 is 1.19 bits per heavy atom. The summed E-state index contributed by atoms with van der Waals surface area (Å²) in [6, 6.07) is 9.12. The van der Waals surface area contributed by atoms with Crippen molar-refractivity contribution in [3.05, 3.63) is 35.9 Å². The molecular formula is C12H13N2O2. The standard InChI is InChI=1S/C12H13N2O2/c1-12(2)10(15)13-11(16)14(12)8-9-6-4-3-5-7-9/h3-7H,8H2,1-2H3. The molecule has 0 bridgehead atoms. The maximum absolute atomic E-state index is 11.5. The number of amides is 3. The molecule has 1 saturated heterocycles. The zero-order valence-corrected chi connectivity index (χ0v) is 9.30. The number of carbonyl (C=O) groups excluding carboxylic acids is 2. The second-order valence-electron chi connectivity index (χ2n) is 4.33. The number of rotatable bonds is 2. The molecule has 1 aromatic carbocycles. The van der Waals surface area contributed by atoms with Gasteiger partial charge in [-0.15, -0.1) is 0 Å². The van der Waals surface area contributed by atoms with Crippen molar-refractivity contribution < 1.29 is 9.59 Å². The maximum atomic E-state index is 11.5. The highest BCUT2D eigenvalue weighted by atomic mass is 16.2. The molecule has 3 amide bonds. The number of hydrogen-bond acceptors (Lipinski definition) is 2. The number of imide groups is 1. The summed E-state index contributed by atoms with van der Waals surface area (Å²) in [6.45, 7) is 3.85. The van der Waals surface area contributed by atoms with Crippen LogP contribution in [0.4, 0.5) is 4.79 Å². The van der Waals surface area contributed by atoms with Gasteiger partial charge in [-0.1, -0.05) is 30.3 Å². The summed E-state index contributed by atoms with van der Waals surface area (Å²) in [5, 5.41) is 3.47. The summed E-state index contributed by atoms with van der Waals surface area (Å²) in [5.41, 5.74) is 0.168. The van der Waals surface area contributed by atoms with E-state index in [1.165, 1.54) is 4.90 Å². The van der Waals surface area contributed by atoms with Gasteiger partial charge in [0.2, 0.25) is 0 Å². The van der Waals surface area contributed by atoms with E-state index >= 15 is 0 Å². The number of benzene rings is 1. The third kappa shape index (κ3) is 1.66. The predicted octanol–water partition coefficient (Wildman–Crippen LogP) is 1.53. The summed E-state index contributed by atoms with van der Waals surface area (Å²) in [7, 11) is 0. The maximum Gasteiger partial charge on any atom is 0.347 e. The first-order valence-corrected chi connectivity index (χ1v) is 5.13. The normalized spacial score (nSPS) is 18.8. The second-order valence-corrected chi connectivity index (χ2v) is 4.33. The van der Waals surface area contributed by atoms with Gasteiger partial charge in [0.1, 0.15) is 5.54 Å². The van der Waals surface area contributed by atoms with Crippen LogP contribution in [0.3, 0.4) is 0 Å². The first-order valence-electron chi connectivity index (χ1n) is 5.13. The quantitative estimate of drug-likeness (QED) is 0.705. The van der Waals surface area contributed by atoms with E-state index in [1.807, 2.05) is 30.3 Å². The van der Waals surface area contributed by atoms with Crippen molar-refractivity contribution in [1.29, 1.82) is 0 Å². The van der Waals surface area contributed by atoms with Crippen LogP contribution < -0.4 is 5.32 Å². The smallest absolute Gasteiger partial charge is 0.304 e. The van der Waals surface area contributed by atoms with E-state index < -0.39 is 11.6 Å². The molecule has 4 nitrogen and oxygen atoms in total. The fraction of sp³-hybridized carbons (Fsp3) is 0.333. The molecule has 1 heterocycles. The molecule has 1 fully saturated rings. The minimum absolute atomic E-state index is 0.367.